The SMILES string of the molecule is CC(C)NC(=O)Nc1ccc(N(C)Cc2ccccc2)cc1. The van der Waals surface area contributed by atoms with E-state index in [1.54, 1.807) is 0 Å². The topological polar surface area (TPSA) is 44.4 Å². The van der Waals surface area contributed by atoms with Crippen molar-refractivity contribution in [2.75, 3.05) is 17.3 Å². The Morgan fingerprint density at radius 2 is 1.68 bits per heavy atom. The third-order valence-electron chi connectivity index (χ3n) is 3.25. The second-order valence-electron chi connectivity index (χ2n) is 5.64. The third-order valence-corrected chi connectivity index (χ3v) is 3.25. The summed E-state index contributed by atoms with van der Waals surface area (Å²) >= 11 is 0. The van der Waals surface area contributed by atoms with Crippen molar-refractivity contribution in [2.45, 2.75) is 26.4 Å². The van der Waals surface area contributed by atoms with Gasteiger partial charge in [0.05, 0.1) is 0 Å². The average Bonchev–Trinajstić information content (AvgIpc) is 2.48. The fourth-order valence-corrected chi connectivity index (χ4v) is 2.18. The molecule has 22 heavy (non-hydrogen) atoms. The van der Waals surface area contributed by atoms with Crippen LogP contribution in [0.3, 0.4) is 0 Å². The molecule has 0 radical (unpaired) electrons. The first-order valence-electron chi connectivity index (χ1n) is 7.47. The summed E-state index contributed by atoms with van der Waals surface area (Å²) in [5.74, 6) is 0. The first kappa shape index (κ1) is 15.9. The molecule has 0 heterocycles. The molecule has 0 bridgehead atoms. The molecular formula is C18H23N3O. The van der Waals surface area contributed by atoms with Gasteiger partial charge in [-0.2, -0.15) is 0 Å². The van der Waals surface area contributed by atoms with E-state index in [0.717, 1.165) is 17.9 Å². The summed E-state index contributed by atoms with van der Waals surface area (Å²) in [7, 11) is 2.06. The van der Waals surface area contributed by atoms with Crippen LogP contribution >= 0.6 is 0 Å². The van der Waals surface area contributed by atoms with Crippen LogP contribution in [0.2, 0.25) is 0 Å². The highest BCUT2D eigenvalue weighted by molar-refractivity contribution is 5.89. The van der Waals surface area contributed by atoms with Crippen molar-refractivity contribution in [1.29, 1.82) is 0 Å². The van der Waals surface area contributed by atoms with Crippen molar-refractivity contribution in [3.63, 3.8) is 0 Å². The Balaban J connectivity index is 1.95. The van der Waals surface area contributed by atoms with Gasteiger partial charge in [-0.1, -0.05) is 30.3 Å². The molecule has 0 aromatic heterocycles. The van der Waals surface area contributed by atoms with Gasteiger partial charge in [0, 0.05) is 31.0 Å². The summed E-state index contributed by atoms with van der Waals surface area (Å²) in [6.07, 6.45) is 0. The highest BCUT2D eigenvalue weighted by atomic mass is 16.2. The maximum absolute atomic E-state index is 11.7. The van der Waals surface area contributed by atoms with Gasteiger partial charge >= 0.3 is 6.03 Å². The largest absolute Gasteiger partial charge is 0.370 e. The van der Waals surface area contributed by atoms with Crippen LogP contribution in [0.5, 0.6) is 0 Å². The van der Waals surface area contributed by atoms with Gasteiger partial charge in [0.25, 0.3) is 0 Å². The molecule has 4 heteroatoms. The Morgan fingerprint density at radius 3 is 2.27 bits per heavy atom. The smallest absolute Gasteiger partial charge is 0.319 e. The van der Waals surface area contributed by atoms with E-state index in [2.05, 4.69) is 34.7 Å². The van der Waals surface area contributed by atoms with Crippen LogP contribution in [0.15, 0.2) is 54.6 Å². The summed E-state index contributed by atoms with van der Waals surface area (Å²) in [5, 5.41) is 5.62. The van der Waals surface area contributed by atoms with Crippen LogP contribution in [0, 0.1) is 0 Å². The molecule has 2 N–H and O–H groups in total. The van der Waals surface area contributed by atoms with Crippen molar-refractivity contribution in [3.05, 3.63) is 60.2 Å². The van der Waals surface area contributed by atoms with Gasteiger partial charge in [0.2, 0.25) is 0 Å². The molecule has 116 valence electrons. The van der Waals surface area contributed by atoms with Crippen molar-refractivity contribution in [1.82, 2.24) is 5.32 Å². The summed E-state index contributed by atoms with van der Waals surface area (Å²) in [4.78, 5) is 13.8. The van der Waals surface area contributed by atoms with Crippen LogP contribution in [-0.2, 0) is 6.54 Å². The number of amides is 2. The Bertz CT molecular complexity index is 593. The monoisotopic (exact) mass is 297 g/mol. The lowest BCUT2D eigenvalue weighted by atomic mass is 10.2. The van der Waals surface area contributed by atoms with Crippen molar-refractivity contribution in [2.24, 2.45) is 0 Å². The van der Waals surface area contributed by atoms with Crippen LogP contribution in [0.1, 0.15) is 19.4 Å². The number of nitrogens with one attached hydrogen (secondary N) is 2. The number of benzene rings is 2. The zero-order valence-electron chi connectivity index (χ0n) is 13.3. The zero-order valence-corrected chi connectivity index (χ0v) is 13.3. The Morgan fingerprint density at radius 1 is 1.05 bits per heavy atom. The van der Waals surface area contributed by atoms with Gasteiger partial charge in [-0.05, 0) is 43.7 Å². The van der Waals surface area contributed by atoms with Crippen LogP contribution in [0.25, 0.3) is 0 Å². The summed E-state index contributed by atoms with van der Waals surface area (Å²) in [5.41, 5.74) is 3.16. The van der Waals surface area contributed by atoms with Crippen molar-refractivity contribution < 1.29 is 4.79 Å². The summed E-state index contributed by atoms with van der Waals surface area (Å²) in [6.45, 7) is 4.71. The molecule has 2 rings (SSSR count). The van der Waals surface area contributed by atoms with Crippen LogP contribution in [-0.4, -0.2) is 19.1 Å². The second-order valence-corrected chi connectivity index (χ2v) is 5.64. The number of hydrogen-bond donors (Lipinski definition) is 2. The predicted octanol–water partition coefficient (Wildman–Crippen LogP) is 3.85. The highest BCUT2D eigenvalue weighted by Gasteiger charge is 2.05. The number of carbonyl (C=O) groups is 1. The summed E-state index contributed by atoms with van der Waals surface area (Å²) < 4.78 is 0. The number of anilines is 2. The molecule has 2 aromatic carbocycles. The molecule has 0 aliphatic heterocycles. The molecule has 2 aromatic rings. The molecule has 4 nitrogen and oxygen atoms in total. The minimum atomic E-state index is -0.180. The Labute approximate surface area is 132 Å². The number of hydrogen-bond acceptors (Lipinski definition) is 2. The lowest BCUT2D eigenvalue weighted by Crippen LogP contribution is -2.34. The molecule has 0 saturated carbocycles. The first-order valence-corrected chi connectivity index (χ1v) is 7.47. The number of carbonyl (C=O) groups excluding carboxylic acids is 1. The highest BCUT2D eigenvalue weighted by Crippen LogP contribution is 2.18. The lowest BCUT2D eigenvalue weighted by Gasteiger charge is -2.20. The molecule has 0 atom stereocenters. The molecule has 0 saturated heterocycles. The van der Waals surface area contributed by atoms with Gasteiger partial charge in [0.15, 0.2) is 0 Å². The van der Waals surface area contributed by atoms with Gasteiger partial charge in [-0.3, -0.25) is 0 Å². The van der Waals surface area contributed by atoms with E-state index < -0.39 is 0 Å². The first-order chi connectivity index (χ1) is 10.5. The number of rotatable bonds is 5. The maximum Gasteiger partial charge on any atom is 0.319 e. The standard InChI is InChI=1S/C18H23N3O/c1-14(2)19-18(22)20-16-9-11-17(12-10-16)21(3)13-15-7-5-4-6-8-15/h4-12,14H,13H2,1-3H3,(H2,19,20,22). The van der Waals surface area contributed by atoms with E-state index in [-0.39, 0.29) is 12.1 Å². The van der Waals surface area contributed by atoms with E-state index in [9.17, 15) is 4.79 Å². The van der Waals surface area contributed by atoms with Crippen LogP contribution in [0.4, 0.5) is 16.2 Å². The minimum absolute atomic E-state index is 0.122. The van der Waals surface area contributed by atoms with Crippen LogP contribution < -0.4 is 15.5 Å². The molecule has 0 fully saturated rings. The molecule has 0 unspecified atom stereocenters. The van der Waals surface area contributed by atoms with E-state index in [4.69, 9.17) is 0 Å². The van der Waals surface area contributed by atoms with E-state index in [0.29, 0.717) is 0 Å². The van der Waals surface area contributed by atoms with E-state index in [1.807, 2.05) is 56.3 Å². The Kier molecular flexibility index (Phi) is 5.42. The molecule has 0 aliphatic carbocycles. The normalized spacial score (nSPS) is 10.4. The predicted molar refractivity (Wildman–Crippen MR) is 92.3 cm³/mol. The van der Waals surface area contributed by atoms with E-state index in [1.165, 1.54) is 5.56 Å². The minimum Gasteiger partial charge on any atom is -0.370 e. The molecule has 0 spiro atoms. The van der Waals surface area contributed by atoms with Gasteiger partial charge in [0.1, 0.15) is 0 Å². The van der Waals surface area contributed by atoms with Crippen molar-refractivity contribution >= 4 is 17.4 Å². The number of urea groups is 1. The fraction of sp³-hybridized carbons (Fsp3) is 0.278. The van der Waals surface area contributed by atoms with Gasteiger partial charge < -0.3 is 15.5 Å². The summed E-state index contributed by atoms with van der Waals surface area (Å²) in [6, 6.07) is 18.1. The number of nitrogens with zero attached hydrogens (tertiary/aromatic N) is 1. The van der Waals surface area contributed by atoms with E-state index >= 15 is 0 Å². The fourth-order valence-electron chi connectivity index (χ4n) is 2.18. The second kappa shape index (κ2) is 7.50. The van der Waals surface area contributed by atoms with Crippen molar-refractivity contribution in [3.8, 4) is 0 Å². The molecule has 2 amide bonds. The van der Waals surface area contributed by atoms with Gasteiger partial charge in [-0.25, -0.2) is 4.79 Å². The van der Waals surface area contributed by atoms with Gasteiger partial charge in [-0.15, -0.1) is 0 Å². The third kappa shape index (κ3) is 4.81. The molecule has 0 aliphatic rings. The zero-order chi connectivity index (χ0) is 15.9. The average molecular weight is 297 g/mol. The maximum atomic E-state index is 11.7. The Hall–Kier alpha value is -2.49. The lowest BCUT2D eigenvalue weighted by molar-refractivity contribution is 0.250. The molecular weight excluding hydrogens is 274 g/mol. The quantitative estimate of drug-likeness (QED) is 0.880.